The largest absolute Gasteiger partial charge is 0.481 e. The summed E-state index contributed by atoms with van der Waals surface area (Å²) >= 11 is 1.39. The molecule has 0 spiro atoms. The maximum atomic E-state index is 13.0. The van der Waals surface area contributed by atoms with Crippen LogP contribution in [0.15, 0.2) is 27.8 Å². The van der Waals surface area contributed by atoms with Crippen LogP contribution in [-0.2, 0) is 14.3 Å². The normalized spacial score (nSPS) is 17.4. The van der Waals surface area contributed by atoms with Gasteiger partial charge >= 0.3 is 23.9 Å². The highest BCUT2D eigenvalue weighted by atomic mass is 32.1. The van der Waals surface area contributed by atoms with E-state index in [9.17, 15) is 29.7 Å². The molecular weight excluding hydrogens is 525 g/mol. The maximum absolute atomic E-state index is 13.0. The second-order valence-corrected chi connectivity index (χ2v) is 12.3. The number of carbonyl (C=O) groups is 3. The number of nitrogens with zero attached hydrogens (tertiary/aromatic N) is 5. The summed E-state index contributed by atoms with van der Waals surface area (Å²) in [7, 11) is 6.20. The first-order chi connectivity index (χ1) is 18.0. The molecular formula is C22H35B3N6O7S. The van der Waals surface area contributed by atoms with Crippen LogP contribution in [0.3, 0.4) is 0 Å². The summed E-state index contributed by atoms with van der Waals surface area (Å²) in [6.45, 7) is 5.34. The summed E-state index contributed by atoms with van der Waals surface area (Å²) in [5, 5.41) is 34.5. The van der Waals surface area contributed by atoms with Gasteiger partial charge in [0.1, 0.15) is 23.5 Å². The van der Waals surface area contributed by atoms with E-state index in [-0.39, 0.29) is 24.7 Å². The van der Waals surface area contributed by atoms with Gasteiger partial charge in [-0.1, -0.05) is 0 Å². The van der Waals surface area contributed by atoms with Crippen LogP contribution in [0.25, 0.3) is 0 Å². The molecule has 3 heterocycles. The summed E-state index contributed by atoms with van der Waals surface area (Å²) in [5.74, 6) is -4.05. The third-order valence-electron chi connectivity index (χ3n) is 6.68. The fourth-order valence-corrected chi connectivity index (χ4v) is 4.53. The maximum Gasteiger partial charge on any atom is 0.341 e. The van der Waals surface area contributed by atoms with Crippen molar-refractivity contribution >= 4 is 58.7 Å². The SMILES string of the molecule is BC(B)(B)C(O)(O)OC(=O)C1=C(CN2CCN(C(=O)N(C)CC(C)(C)C(=O)O)CC2)NC(c2nccs2)=NC1. The van der Waals surface area contributed by atoms with Gasteiger partial charge in [0.15, 0.2) is 10.8 Å². The van der Waals surface area contributed by atoms with Gasteiger partial charge in [0, 0.05) is 63.6 Å². The molecule has 39 heavy (non-hydrogen) atoms. The Kier molecular flexibility index (Phi) is 9.20. The lowest BCUT2D eigenvalue weighted by Crippen LogP contribution is -2.54. The Hall–Kier alpha value is -2.88. The Morgan fingerprint density at radius 3 is 2.36 bits per heavy atom. The molecule has 1 fully saturated rings. The third-order valence-corrected chi connectivity index (χ3v) is 7.46. The molecule has 1 aromatic rings. The predicted molar refractivity (Wildman–Crippen MR) is 153 cm³/mol. The second kappa shape index (κ2) is 11.7. The van der Waals surface area contributed by atoms with E-state index in [1.165, 1.54) is 39.8 Å². The zero-order chi connectivity index (χ0) is 29.2. The molecule has 17 heteroatoms. The Morgan fingerprint density at radius 1 is 1.18 bits per heavy atom. The van der Waals surface area contributed by atoms with Gasteiger partial charge < -0.3 is 35.2 Å². The van der Waals surface area contributed by atoms with Gasteiger partial charge in [0.2, 0.25) is 0 Å². The van der Waals surface area contributed by atoms with E-state index in [1.54, 1.807) is 32.0 Å². The fourth-order valence-electron chi connectivity index (χ4n) is 3.93. The first kappa shape index (κ1) is 30.7. The van der Waals surface area contributed by atoms with Crippen molar-refractivity contribution in [3.05, 3.63) is 27.9 Å². The molecule has 2 aliphatic heterocycles. The van der Waals surface area contributed by atoms with Crippen LogP contribution < -0.4 is 5.32 Å². The average molecular weight is 560 g/mol. The Labute approximate surface area is 234 Å². The highest BCUT2D eigenvalue weighted by molar-refractivity contribution is 7.11. The monoisotopic (exact) mass is 560 g/mol. The minimum absolute atomic E-state index is 0.0289. The minimum atomic E-state index is -2.69. The van der Waals surface area contributed by atoms with Gasteiger partial charge in [0.05, 0.1) is 17.5 Å². The van der Waals surface area contributed by atoms with Crippen molar-refractivity contribution in [2.75, 3.05) is 52.9 Å². The number of hydrogen-bond donors (Lipinski definition) is 4. The number of carboxylic acid groups (broad SMARTS) is 1. The second-order valence-electron chi connectivity index (χ2n) is 11.4. The molecule has 0 unspecified atom stereocenters. The van der Waals surface area contributed by atoms with E-state index in [2.05, 4.69) is 20.2 Å². The molecule has 1 saturated heterocycles. The van der Waals surface area contributed by atoms with E-state index >= 15 is 0 Å². The molecule has 0 saturated carbocycles. The molecule has 1 aromatic heterocycles. The number of aromatic nitrogens is 1. The Bertz CT molecular complexity index is 1150. The van der Waals surface area contributed by atoms with Crippen molar-refractivity contribution in [2.24, 2.45) is 10.4 Å². The number of hydrogen-bond acceptors (Lipinski definition) is 11. The highest BCUT2D eigenvalue weighted by Crippen LogP contribution is 2.28. The number of amidine groups is 1. The Morgan fingerprint density at radius 2 is 1.82 bits per heavy atom. The van der Waals surface area contributed by atoms with Gasteiger partial charge in [-0.05, 0) is 19.0 Å². The molecule has 0 radical (unpaired) electrons. The predicted octanol–water partition coefficient (Wildman–Crippen LogP) is -3.32. The van der Waals surface area contributed by atoms with Gasteiger partial charge in [-0.3, -0.25) is 14.7 Å². The first-order valence-corrected chi connectivity index (χ1v) is 13.5. The number of urea groups is 1. The fraction of sp³-hybridized carbons (Fsp3) is 0.591. The zero-order valence-corrected chi connectivity index (χ0v) is 24.0. The van der Waals surface area contributed by atoms with Crippen LogP contribution in [0.1, 0.15) is 18.9 Å². The number of carbonyl (C=O) groups excluding carboxylic acids is 2. The first-order valence-electron chi connectivity index (χ1n) is 12.6. The number of amides is 2. The van der Waals surface area contributed by atoms with Gasteiger partial charge in [-0.15, -0.1) is 11.3 Å². The quantitative estimate of drug-likeness (QED) is 0.136. The van der Waals surface area contributed by atoms with Crippen molar-refractivity contribution in [3.63, 3.8) is 0 Å². The smallest absolute Gasteiger partial charge is 0.341 e. The van der Waals surface area contributed by atoms with Crippen LogP contribution in [-0.4, -0.2) is 141 Å². The van der Waals surface area contributed by atoms with Crippen molar-refractivity contribution in [1.82, 2.24) is 25.0 Å². The summed E-state index contributed by atoms with van der Waals surface area (Å²) in [6.07, 6.45) is 1.65. The van der Waals surface area contributed by atoms with Crippen molar-refractivity contribution < 1.29 is 34.4 Å². The van der Waals surface area contributed by atoms with Crippen molar-refractivity contribution in [3.8, 4) is 0 Å². The molecule has 2 amide bonds. The number of ether oxygens (including phenoxy) is 1. The van der Waals surface area contributed by atoms with E-state index in [0.717, 1.165) is 0 Å². The minimum Gasteiger partial charge on any atom is -0.481 e. The van der Waals surface area contributed by atoms with Crippen molar-refractivity contribution in [1.29, 1.82) is 0 Å². The number of rotatable bonds is 9. The molecule has 210 valence electrons. The van der Waals surface area contributed by atoms with E-state index < -0.39 is 28.4 Å². The van der Waals surface area contributed by atoms with Crippen LogP contribution in [0.2, 0.25) is 5.11 Å². The molecule has 0 aliphatic carbocycles. The molecule has 13 nitrogen and oxygen atoms in total. The number of aliphatic carboxylic acids is 1. The molecule has 3 rings (SSSR count). The van der Waals surface area contributed by atoms with Crippen molar-refractivity contribution in [2.45, 2.75) is 24.9 Å². The topological polar surface area (TPSA) is 168 Å². The lowest BCUT2D eigenvalue weighted by atomic mass is 9.41. The highest BCUT2D eigenvalue weighted by Gasteiger charge is 2.43. The van der Waals surface area contributed by atoms with Crippen LogP contribution >= 0.6 is 11.3 Å². The van der Waals surface area contributed by atoms with E-state index in [4.69, 9.17) is 4.74 Å². The average Bonchev–Trinajstić information content (AvgIpc) is 3.38. The lowest BCUT2D eigenvalue weighted by molar-refractivity contribution is -0.316. The van der Waals surface area contributed by atoms with Crippen LogP contribution in [0.4, 0.5) is 4.79 Å². The molecule has 0 bridgehead atoms. The number of piperazine rings is 1. The van der Waals surface area contributed by atoms with Crippen LogP contribution in [0.5, 0.6) is 0 Å². The van der Waals surface area contributed by atoms with Gasteiger partial charge in [0.25, 0.3) is 0 Å². The number of nitrogens with one attached hydrogen (secondary N) is 1. The van der Waals surface area contributed by atoms with Gasteiger partial charge in [-0.2, -0.15) is 0 Å². The third kappa shape index (κ3) is 7.41. The zero-order valence-electron chi connectivity index (χ0n) is 23.2. The summed E-state index contributed by atoms with van der Waals surface area (Å²) in [5.41, 5.74) is -0.396. The van der Waals surface area contributed by atoms with Crippen LogP contribution in [0, 0.1) is 5.41 Å². The summed E-state index contributed by atoms with van der Waals surface area (Å²) in [6, 6.07) is -0.245. The standard InChI is InChI=1S/C22H35B3N6O7S/c1-20(2,18(33)34)12-29(3)19(35)31-7-5-30(6-8-31)11-14-13(17(32)38-22(36,37)21(23,24)25)10-27-15(28-14)16-26-4-9-39-16/h4,9,36-37H,5-8,10-12,23-25H2,1-3H3,(H,27,28)(H,33,34). The van der Waals surface area contributed by atoms with E-state index in [1.807, 2.05) is 5.38 Å². The number of thiazole rings is 1. The number of esters is 1. The van der Waals surface area contributed by atoms with Gasteiger partial charge in [-0.25, -0.2) is 14.6 Å². The number of aliphatic imine (C=N–C) groups is 1. The summed E-state index contributed by atoms with van der Waals surface area (Å²) < 4.78 is 5.09. The molecule has 0 aromatic carbocycles. The lowest BCUT2D eigenvalue weighted by Gasteiger charge is -2.38. The molecule has 4 N–H and O–H groups in total. The van der Waals surface area contributed by atoms with E-state index in [0.29, 0.717) is 49.3 Å². The molecule has 2 aliphatic rings. The summed E-state index contributed by atoms with van der Waals surface area (Å²) in [4.78, 5) is 51.2. The number of aliphatic hydroxyl groups is 2. The Balaban J connectivity index is 1.70. The number of carboxylic acids is 1. The molecule has 0 atom stereocenters.